The third-order valence-corrected chi connectivity index (χ3v) is 5.15. The Hall–Kier alpha value is -2.59. The third kappa shape index (κ3) is 2.29. The number of hydrogen-bond acceptors (Lipinski definition) is 3. The number of halogens is 1. The van der Waals surface area contributed by atoms with Crippen LogP contribution in [0.1, 0.15) is 38.9 Å². The highest BCUT2D eigenvalue weighted by molar-refractivity contribution is 6.30. The van der Waals surface area contributed by atoms with Gasteiger partial charge in [0.2, 0.25) is 5.76 Å². The monoisotopic (exact) mass is 353 g/mol. The molecule has 0 N–H and O–H groups in total. The molecule has 0 fully saturated rings. The Morgan fingerprint density at radius 3 is 2.36 bits per heavy atom. The number of amides is 1. The van der Waals surface area contributed by atoms with Crippen LogP contribution in [0.4, 0.5) is 0 Å². The molecule has 1 unspecified atom stereocenters. The lowest BCUT2D eigenvalue weighted by Crippen LogP contribution is -2.25. The van der Waals surface area contributed by atoms with E-state index in [1.54, 1.807) is 19.2 Å². The molecule has 1 amide bonds. The third-order valence-electron chi connectivity index (χ3n) is 4.90. The summed E-state index contributed by atoms with van der Waals surface area (Å²) >= 11 is 5.96. The van der Waals surface area contributed by atoms with Crippen LogP contribution in [0.25, 0.3) is 11.0 Å². The Morgan fingerprint density at radius 2 is 1.68 bits per heavy atom. The number of aryl methyl sites for hydroxylation is 2. The average Bonchev–Trinajstić information content (AvgIpc) is 2.83. The number of fused-ring (bicyclic) bond motifs is 2. The fourth-order valence-electron chi connectivity index (χ4n) is 3.38. The van der Waals surface area contributed by atoms with Crippen molar-refractivity contribution in [3.63, 3.8) is 0 Å². The predicted molar refractivity (Wildman–Crippen MR) is 97.3 cm³/mol. The molecule has 2 aromatic carbocycles. The van der Waals surface area contributed by atoms with E-state index in [-0.39, 0.29) is 17.1 Å². The van der Waals surface area contributed by atoms with Gasteiger partial charge in [-0.1, -0.05) is 23.7 Å². The van der Waals surface area contributed by atoms with Crippen LogP contribution in [0.15, 0.2) is 45.6 Å². The Bertz CT molecular complexity index is 1080. The molecule has 1 aromatic heterocycles. The highest BCUT2D eigenvalue weighted by Crippen LogP contribution is 2.37. The molecule has 0 saturated carbocycles. The minimum Gasteiger partial charge on any atom is -0.450 e. The zero-order chi connectivity index (χ0) is 17.9. The number of rotatable bonds is 1. The highest BCUT2D eigenvalue weighted by atomic mass is 35.5. The topological polar surface area (TPSA) is 50.5 Å². The molecule has 1 aliphatic rings. The molecule has 0 aliphatic carbocycles. The molecule has 126 valence electrons. The summed E-state index contributed by atoms with van der Waals surface area (Å²) in [7, 11) is 1.68. The van der Waals surface area contributed by atoms with E-state index >= 15 is 0 Å². The van der Waals surface area contributed by atoms with Gasteiger partial charge in [-0.15, -0.1) is 0 Å². The van der Waals surface area contributed by atoms with Gasteiger partial charge < -0.3 is 9.32 Å². The SMILES string of the molecule is Cc1cc2oc3c(c(=O)c2cc1C)C(c1ccc(Cl)cc1)N(C)C3=O. The highest BCUT2D eigenvalue weighted by Gasteiger charge is 2.40. The fraction of sp³-hybridized carbons (Fsp3) is 0.200. The lowest BCUT2D eigenvalue weighted by Gasteiger charge is -2.20. The minimum absolute atomic E-state index is 0.128. The number of carbonyl (C=O) groups is 1. The lowest BCUT2D eigenvalue weighted by atomic mass is 9.98. The Balaban J connectivity index is 2.03. The van der Waals surface area contributed by atoms with E-state index in [1.165, 1.54) is 4.90 Å². The second kappa shape index (κ2) is 5.46. The Morgan fingerprint density at radius 1 is 1.04 bits per heavy atom. The summed E-state index contributed by atoms with van der Waals surface area (Å²) in [5, 5.41) is 1.11. The quantitative estimate of drug-likeness (QED) is 0.657. The first-order chi connectivity index (χ1) is 11.9. The van der Waals surface area contributed by atoms with Crippen molar-refractivity contribution < 1.29 is 9.21 Å². The summed E-state index contributed by atoms with van der Waals surface area (Å²) in [5.74, 6) is -0.157. The van der Waals surface area contributed by atoms with Gasteiger partial charge in [0.1, 0.15) is 5.58 Å². The van der Waals surface area contributed by atoms with E-state index in [0.717, 1.165) is 16.7 Å². The average molecular weight is 354 g/mol. The van der Waals surface area contributed by atoms with Gasteiger partial charge in [0.15, 0.2) is 5.43 Å². The summed E-state index contributed by atoms with van der Waals surface area (Å²) in [6.45, 7) is 3.90. The van der Waals surface area contributed by atoms with Crippen LogP contribution in [-0.2, 0) is 0 Å². The smallest absolute Gasteiger partial charge is 0.290 e. The summed E-state index contributed by atoms with van der Waals surface area (Å²) in [4.78, 5) is 27.4. The van der Waals surface area contributed by atoms with E-state index in [4.69, 9.17) is 16.0 Å². The van der Waals surface area contributed by atoms with Crippen molar-refractivity contribution in [1.82, 2.24) is 4.90 Å². The van der Waals surface area contributed by atoms with Crippen LogP contribution < -0.4 is 5.43 Å². The molecule has 4 nitrogen and oxygen atoms in total. The van der Waals surface area contributed by atoms with Gasteiger partial charge in [-0.2, -0.15) is 0 Å². The number of benzene rings is 2. The van der Waals surface area contributed by atoms with Crippen molar-refractivity contribution in [2.75, 3.05) is 7.05 Å². The van der Waals surface area contributed by atoms with Crippen molar-refractivity contribution in [2.45, 2.75) is 19.9 Å². The van der Waals surface area contributed by atoms with Crippen LogP contribution in [0.5, 0.6) is 0 Å². The summed E-state index contributed by atoms with van der Waals surface area (Å²) in [6.07, 6.45) is 0. The Kier molecular flexibility index (Phi) is 3.48. The van der Waals surface area contributed by atoms with Gasteiger partial charge in [0.05, 0.1) is 17.0 Å². The van der Waals surface area contributed by atoms with Gasteiger partial charge in [-0.25, -0.2) is 0 Å². The number of carbonyl (C=O) groups excluding carboxylic acids is 1. The van der Waals surface area contributed by atoms with E-state index in [9.17, 15) is 9.59 Å². The van der Waals surface area contributed by atoms with Gasteiger partial charge in [0.25, 0.3) is 5.91 Å². The minimum atomic E-state index is -0.470. The van der Waals surface area contributed by atoms with Gasteiger partial charge in [0, 0.05) is 12.1 Å². The van der Waals surface area contributed by atoms with E-state index in [0.29, 0.717) is 21.6 Å². The van der Waals surface area contributed by atoms with E-state index in [2.05, 4.69) is 0 Å². The molecule has 1 aliphatic heterocycles. The van der Waals surface area contributed by atoms with Crippen LogP contribution in [0.2, 0.25) is 5.02 Å². The van der Waals surface area contributed by atoms with E-state index < -0.39 is 6.04 Å². The van der Waals surface area contributed by atoms with E-state index in [1.807, 2.05) is 38.1 Å². The molecule has 3 aromatic rings. The Labute approximate surface area is 149 Å². The summed E-state index contributed by atoms with van der Waals surface area (Å²) < 4.78 is 5.86. The molecule has 0 saturated heterocycles. The number of nitrogens with zero attached hydrogens (tertiary/aromatic N) is 1. The molecule has 4 rings (SSSR count). The van der Waals surface area contributed by atoms with Gasteiger partial charge in [-0.05, 0) is 54.8 Å². The maximum atomic E-state index is 13.2. The van der Waals surface area contributed by atoms with Gasteiger partial charge in [-0.3, -0.25) is 9.59 Å². The second-order valence-electron chi connectivity index (χ2n) is 6.48. The predicted octanol–water partition coefficient (Wildman–Crippen LogP) is 4.24. The van der Waals surface area contributed by atoms with Crippen LogP contribution in [0.3, 0.4) is 0 Å². The van der Waals surface area contributed by atoms with Crippen LogP contribution in [-0.4, -0.2) is 17.9 Å². The maximum absolute atomic E-state index is 13.2. The first-order valence-electron chi connectivity index (χ1n) is 7.99. The zero-order valence-electron chi connectivity index (χ0n) is 14.1. The molecule has 0 radical (unpaired) electrons. The van der Waals surface area contributed by atoms with Crippen molar-refractivity contribution in [3.8, 4) is 0 Å². The molecule has 2 heterocycles. The molecule has 1 atom stereocenters. The molecule has 5 heteroatoms. The summed E-state index contributed by atoms with van der Waals surface area (Å²) in [6, 6.07) is 10.3. The zero-order valence-corrected chi connectivity index (χ0v) is 14.8. The van der Waals surface area contributed by atoms with Crippen LogP contribution >= 0.6 is 11.6 Å². The van der Waals surface area contributed by atoms with Crippen molar-refractivity contribution in [3.05, 3.63) is 79.7 Å². The first kappa shape index (κ1) is 15.9. The fourth-order valence-corrected chi connectivity index (χ4v) is 3.50. The molecular weight excluding hydrogens is 338 g/mol. The normalized spacial score (nSPS) is 16.6. The molecule has 0 spiro atoms. The largest absolute Gasteiger partial charge is 0.450 e. The maximum Gasteiger partial charge on any atom is 0.290 e. The molecule has 25 heavy (non-hydrogen) atoms. The standard InChI is InChI=1S/C20H16ClNO3/c1-10-8-14-15(9-11(10)2)25-19-16(18(14)23)17(22(3)20(19)24)12-4-6-13(21)7-5-12/h4-9,17H,1-3H3. The lowest BCUT2D eigenvalue weighted by molar-refractivity contribution is 0.0771. The summed E-state index contributed by atoms with van der Waals surface area (Å²) in [5.41, 5.74) is 3.55. The number of hydrogen-bond donors (Lipinski definition) is 0. The second-order valence-corrected chi connectivity index (χ2v) is 6.91. The molecular formula is C20H16ClNO3. The van der Waals surface area contributed by atoms with Crippen LogP contribution in [0, 0.1) is 13.8 Å². The van der Waals surface area contributed by atoms with Gasteiger partial charge >= 0.3 is 0 Å². The van der Waals surface area contributed by atoms with Crippen molar-refractivity contribution in [2.24, 2.45) is 0 Å². The first-order valence-corrected chi connectivity index (χ1v) is 8.37. The van der Waals surface area contributed by atoms with Crippen molar-refractivity contribution in [1.29, 1.82) is 0 Å². The molecule has 0 bridgehead atoms. The van der Waals surface area contributed by atoms with Crippen molar-refractivity contribution >= 4 is 28.5 Å².